The van der Waals surface area contributed by atoms with E-state index in [1.54, 1.807) is 19.1 Å². The zero-order chi connectivity index (χ0) is 9.14. The number of hydrogen-bond donors (Lipinski definition) is 0. The molecule has 1 aromatic heterocycles. The number of aryl methyl sites for hydroxylation is 1. The number of pyridine rings is 1. The zero-order valence-electron chi connectivity index (χ0n) is 7.57. The SMILES string of the molecule is Cc1cc(OC(C)C)cc[n+]1[O-]. The number of rotatable bonds is 2. The van der Waals surface area contributed by atoms with Crippen LogP contribution in [0.1, 0.15) is 19.5 Å². The molecule has 66 valence electrons. The van der Waals surface area contributed by atoms with Crippen LogP contribution >= 0.6 is 0 Å². The summed E-state index contributed by atoms with van der Waals surface area (Å²) in [6.07, 6.45) is 1.60. The normalized spacial score (nSPS) is 10.3. The van der Waals surface area contributed by atoms with Gasteiger partial charge in [-0.25, -0.2) is 0 Å². The average Bonchev–Trinajstić information content (AvgIpc) is 1.96. The molecule has 0 radical (unpaired) electrons. The summed E-state index contributed by atoms with van der Waals surface area (Å²) in [4.78, 5) is 0. The molecule has 0 aliphatic carbocycles. The summed E-state index contributed by atoms with van der Waals surface area (Å²) in [6.45, 7) is 5.65. The van der Waals surface area contributed by atoms with Gasteiger partial charge in [0, 0.05) is 19.1 Å². The highest BCUT2D eigenvalue weighted by molar-refractivity contribution is 5.19. The summed E-state index contributed by atoms with van der Waals surface area (Å²) in [7, 11) is 0. The minimum absolute atomic E-state index is 0.145. The van der Waals surface area contributed by atoms with E-state index in [1.165, 1.54) is 6.20 Å². The second-order valence-electron chi connectivity index (χ2n) is 3.00. The lowest BCUT2D eigenvalue weighted by Gasteiger charge is -2.09. The predicted molar refractivity (Wildman–Crippen MR) is 45.9 cm³/mol. The first kappa shape index (κ1) is 8.84. The van der Waals surface area contributed by atoms with Crippen molar-refractivity contribution < 1.29 is 9.47 Å². The fraction of sp³-hybridized carbons (Fsp3) is 0.444. The quantitative estimate of drug-likeness (QED) is 0.493. The van der Waals surface area contributed by atoms with Crippen LogP contribution in [0.3, 0.4) is 0 Å². The van der Waals surface area contributed by atoms with Crippen molar-refractivity contribution in [2.45, 2.75) is 26.9 Å². The number of nitrogens with zero attached hydrogens (tertiary/aromatic N) is 1. The summed E-state index contributed by atoms with van der Waals surface area (Å²) in [6, 6.07) is 3.40. The van der Waals surface area contributed by atoms with E-state index in [1.807, 2.05) is 13.8 Å². The molecule has 3 nitrogen and oxygen atoms in total. The summed E-state index contributed by atoms with van der Waals surface area (Å²) in [5.74, 6) is 0.745. The van der Waals surface area contributed by atoms with Crippen molar-refractivity contribution >= 4 is 0 Å². The van der Waals surface area contributed by atoms with Gasteiger partial charge in [0.15, 0.2) is 11.9 Å². The molecular formula is C9H13NO2. The van der Waals surface area contributed by atoms with Crippen LogP contribution in [-0.2, 0) is 0 Å². The molecule has 0 fully saturated rings. The minimum atomic E-state index is 0.145. The fourth-order valence-electron chi connectivity index (χ4n) is 0.922. The molecule has 0 unspecified atom stereocenters. The Morgan fingerprint density at radius 1 is 1.50 bits per heavy atom. The third-order valence-corrected chi connectivity index (χ3v) is 1.44. The van der Waals surface area contributed by atoms with Crippen LogP contribution in [-0.4, -0.2) is 6.10 Å². The molecule has 0 atom stereocenters. The van der Waals surface area contributed by atoms with Gasteiger partial charge in [-0.05, 0) is 13.8 Å². The van der Waals surface area contributed by atoms with E-state index in [-0.39, 0.29) is 6.10 Å². The van der Waals surface area contributed by atoms with Crippen molar-refractivity contribution in [2.75, 3.05) is 0 Å². The van der Waals surface area contributed by atoms with Crippen LogP contribution in [0.5, 0.6) is 5.75 Å². The second kappa shape index (κ2) is 3.43. The van der Waals surface area contributed by atoms with E-state index in [0.717, 1.165) is 10.5 Å². The second-order valence-corrected chi connectivity index (χ2v) is 3.00. The predicted octanol–water partition coefficient (Wildman–Crippen LogP) is 1.42. The Morgan fingerprint density at radius 2 is 2.17 bits per heavy atom. The number of ether oxygens (including phenoxy) is 1. The Balaban J connectivity index is 2.82. The molecule has 0 aliphatic heterocycles. The first-order chi connectivity index (χ1) is 5.59. The molecule has 1 heterocycles. The van der Waals surface area contributed by atoms with Gasteiger partial charge in [-0.2, -0.15) is 4.73 Å². The molecule has 0 saturated heterocycles. The van der Waals surface area contributed by atoms with Crippen LogP contribution in [0.25, 0.3) is 0 Å². The van der Waals surface area contributed by atoms with E-state index < -0.39 is 0 Å². The van der Waals surface area contributed by atoms with Crippen molar-refractivity contribution in [3.05, 3.63) is 29.2 Å². The smallest absolute Gasteiger partial charge is 0.193 e. The Kier molecular flexibility index (Phi) is 2.53. The average molecular weight is 167 g/mol. The first-order valence-electron chi connectivity index (χ1n) is 3.96. The van der Waals surface area contributed by atoms with Gasteiger partial charge in [0.2, 0.25) is 0 Å². The van der Waals surface area contributed by atoms with Crippen molar-refractivity contribution in [3.63, 3.8) is 0 Å². The Hall–Kier alpha value is -1.25. The van der Waals surface area contributed by atoms with E-state index in [9.17, 15) is 5.21 Å². The molecule has 0 amide bonds. The Labute approximate surface area is 72.2 Å². The standard InChI is InChI=1S/C9H13NO2/c1-7(2)12-9-4-5-10(11)8(3)6-9/h4-7H,1-3H3. The third kappa shape index (κ3) is 2.12. The summed E-state index contributed by atoms with van der Waals surface area (Å²) < 4.78 is 6.21. The molecule has 0 saturated carbocycles. The highest BCUT2D eigenvalue weighted by atomic mass is 16.5. The first-order valence-corrected chi connectivity index (χ1v) is 3.96. The number of aromatic nitrogens is 1. The van der Waals surface area contributed by atoms with Crippen LogP contribution < -0.4 is 9.47 Å². The van der Waals surface area contributed by atoms with Crippen LogP contribution in [0.2, 0.25) is 0 Å². The molecule has 3 heteroatoms. The molecule has 0 spiro atoms. The molecular weight excluding hydrogens is 154 g/mol. The lowest BCUT2D eigenvalue weighted by atomic mass is 10.3. The van der Waals surface area contributed by atoms with Crippen molar-refractivity contribution in [3.8, 4) is 5.75 Å². The van der Waals surface area contributed by atoms with Crippen LogP contribution in [0.15, 0.2) is 18.3 Å². The molecule has 1 rings (SSSR count). The summed E-state index contributed by atoms with van der Waals surface area (Å²) >= 11 is 0. The zero-order valence-corrected chi connectivity index (χ0v) is 7.57. The third-order valence-electron chi connectivity index (χ3n) is 1.44. The molecule has 1 aromatic rings. The largest absolute Gasteiger partial charge is 0.619 e. The molecule has 0 aromatic carbocycles. The van der Waals surface area contributed by atoms with Gasteiger partial charge >= 0.3 is 0 Å². The van der Waals surface area contributed by atoms with Gasteiger partial charge in [-0.1, -0.05) is 0 Å². The van der Waals surface area contributed by atoms with Gasteiger partial charge in [0.1, 0.15) is 5.75 Å². The molecule has 0 aliphatic rings. The Morgan fingerprint density at radius 3 is 2.67 bits per heavy atom. The van der Waals surface area contributed by atoms with E-state index in [0.29, 0.717) is 5.69 Å². The lowest BCUT2D eigenvalue weighted by molar-refractivity contribution is -0.612. The fourth-order valence-corrected chi connectivity index (χ4v) is 0.922. The van der Waals surface area contributed by atoms with Gasteiger partial charge in [-0.15, -0.1) is 0 Å². The van der Waals surface area contributed by atoms with Crippen molar-refractivity contribution in [1.29, 1.82) is 0 Å². The number of hydrogen-bond acceptors (Lipinski definition) is 2. The maximum atomic E-state index is 10.9. The minimum Gasteiger partial charge on any atom is -0.619 e. The summed E-state index contributed by atoms with van der Waals surface area (Å²) in [5, 5.41) is 10.9. The van der Waals surface area contributed by atoms with Crippen molar-refractivity contribution in [1.82, 2.24) is 0 Å². The monoisotopic (exact) mass is 167 g/mol. The summed E-state index contributed by atoms with van der Waals surface area (Å²) in [5.41, 5.74) is 0.646. The highest BCUT2D eigenvalue weighted by Crippen LogP contribution is 2.10. The van der Waals surface area contributed by atoms with Crippen LogP contribution in [0, 0.1) is 12.1 Å². The molecule has 12 heavy (non-hydrogen) atoms. The van der Waals surface area contributed by atoms with E-state index in [4.69, 9.17) is 4.74 Å². The van der Waals surface area contributed by atoms with Gasteiger partial charge in [-0.3, -0.25) is 0 Å². The molecule has 0 bridgehead atoms. The molecule has 0 N–H and O–H groups in total. The Bertz CT molecular complexity index is 271. The maximum absolute atomic E-state index is 10.9. The van der Waals surface area contributed by atoms with Gasteiger partial charge in [0.25, 0.3) is 0 Å². The highest BCUT2D eigenvalue weighted by Gasteiger charge is 2.02. The van der Waals surface area contributed by atoms with Gasteiger partial charge < -0.3 is 9.94 Å². The van der Waals surface area contributed by atoms with E-state index in [2.05, 4.69) is 0 Å². The van der Waals surface area contributed by atoms with Crippen molar-refractivity contribution in [2.24, 2.45) is 0 Å². The van der Waals surface area contributed by atoms with Crippen LogP contribution in [0.4, 0.5) is 0 Å². The van der Waals surface area contributed by atoms with Gasteiger partial charge in [0.05, 0.1) is 6.10 Å². The topological polar surface area (TPSA) is 36.2 Å². The lowest BCUT2D eigenvalue weighted by Crippen LogP contribution is -2.28. The van der Waals surface area contributed by atoms with E-state index >= 15 is 0 Å². The maximum Gasteiger partial charge on any atom is 0.193 e.